The van der Waals surface area contributed by atoms with Crippen molar-refractivity contribution in [3.8, 4) is 0 Å². The molecule has 1 aromatic heterocycles. The zero-order valence-corrected chi connectivity index (χ0v) is 15.2. The number of aromatic nitrogens is 1. The Kier molecular flexibility index (Phi) is 4.79. The number of nitrogens with zero attached hydrogens (tertiary/aromatic N) is 2. The molecule has 1 aliphatic rings. The van der Waals surface area contributed by atoms with Crippen LogP contribution in [0, 0.1) is 5.21 Å². The zero-order valence-electron chi connectivity index (χ0n) is 15.2. The molecule has 1 fully saturated rings. The molecule has 2 unspecified atom stereocenters. The third-order valence-corrected chi connectivity index (χ3v) is 5.65. The first-order valence-electron chi connectivity index (χ1n) is 9.44. The van der Waals surface area contributed by atoms with E-state index in [1.54, 1.807) is 6.20 Å². The Labute approximate surface area is 159 Å². The Bertz CT molecular complexity index is 831. The van der Waals surface area contributed by atoms with E-state index >= 15 is 0 Å². The molecule has 0 aliphatic carbocycles. The lowest BCUT2D eigenvalue weighted by atomic mass is 9.79. The fourth-order valence-corrected chi connectivity index (χ4v) is 4.38. The van der Waals surface area contributed by atoms with Crippen molar-refractivity contribution in [1.29, 1.82) is 0 Å². The van der Waals surface area contributed by atoms with Crippen molar-refractivity contribution in [2.24, 2.45) is 0 Å². The van der Waals surface area contributed by atoms with Gasteiger partial charge in [-0.25, -0.2) is 0 Å². The molecular formula is C23H24N2O2. The molecule has 1 saturated heterocycles. The van der Waals surface area contributed by atoms with Gasteiger partial charge in [0.25, 0.3) is 0 Å². The smallest absolute Gasteiger partial charge is 0.167 e. The Hall–Kier alpha value is -2.53. The number of rotatable bonds is 5. The van der Waals surface area contributed by atoms with E-state index in [1.807, 2.05) is 78.9 Å². The van der Waals surface area contributed by atoms with Crippen molar-refractivity contribution in [2.45, 2.75) is 31.0 Å². The van der Waals surface area contributed by atoms with Gasteiger partial charge in [0.1, 0.15) is 12.6 Å². The van der Waals surface area contributed by atoms with E-state index in [0.717, 1.165) is 23.2 Å². The number of aliphatic hydroxyl groups is 1. The van der Waals surface area contributed by atoms with E-state index in [0.29, 0.717) is 13.0 Å². The van der Waals surface area contributed by atoms with E-state index in [9.17, 15) is 10.3 Å². The third kappa shape index (κ3) is 3.28. The van der Waals surface area contributed by atoms with E-state index in [-0.39, 0.29) is 6.54 Å². The van der Waals surface area contributed by atoms with E-state index in [2.05, 4.69) is 4.98 Å². The highest BCUT2D eigenvalue weighted by atomic mass is 16.6. The van der Waals surface area contributed by atoms with Gasteiger partial charge in [-0.05, 0) is 23.3 Å². The third-order valence-electron chi connectivity index (χ3n) is 5.65. The number of hydrogen-bond donors (Lipinski definition) is 1. The topological polar surface area (TPSA) is 56.2 Å². The number of hydrogen-bond acceptors (Lipinski definition) is 3. The summed E-state index contributed by atoms with van der Waals surface area (Å²) in [6.07, 6.45) is 3.19. The molecule has 0 saturated carbocycles. The number of pyridine rings is 1. The van der Waals surface area contributed by atoms with Gasteiger partial charge in [-0.15, -0.1) is 0 Å². The monoisotopic (exact) mass is 360 g/mol. The highest BCUT2D eigenvalue weighted by Gasteiger charge is 2.51. The van der Waals surface area contributed by atoms with Crippen LogP contribution in [0.5, 0.6) is 0 Å². The predicted molar refractivity (Wildman–Crippen MR) is 105 cm³/mol. The molecule has 4 rings (SSSR count). The van der Waals surface area contributed by atoms with Crippen LogP contribution in [0.3, 0.4) is 0 Å². The predicted octanol–water partition coefficient (Wildman–Crippen LogP) is 3.99. The highest BCUT2D eigenvalue weighted by Crippen LogP contribution is 2.44. The Morgan fingerprint density at radius 3 is 2.07 bits per heavy atom. The molecule has 4 nitrogen and oxygen atoms in total. The van der Waals surface area contributed by atoms with Crippen molar-refractivity contribution >= 4 is 0 Å². The maximum Gasteiger partial charge on any atom is 0.167 e. The van der Waals surface area contributed by atoms with Gasteiger partial charge in [0, 0.05) is 19.0 Å². The summed E-state index contributed by atoms with van der Waals surface area (Å²) in [5.74, 6) is 0. The Morgan fingerprint density at radius 1 is 0.926 bits per heavy atom. The average molecular weight is 360 g/mol. The van der Waals surface area contributed by atoms with Crippen LogP contribution in [0.25, 0.3) is 0 Å². The van der Waals surface area contributed by atoms with Crippen LogP contribution in [-0.2, 0) is 12.1 Å². The maximum atomic E-state index is 13.9. The summed E-state index contributed by atoms with van der Waals surface area (Å²) >= 11 is 0. The lowest BCUT2D eigenvalue weighted by molar-refractivity contribution is -0.913. The summed E-state index contributed by atoms with van der Waals surface area (Å²) in [6, 6.07) is 24.3. The first-order chi connectivity index (χ1) is 13.1. The van der Waals surface area contributed by atoms with Crippen LogP contribution in [-0.4, -0.2) is 27.3 Å². The molecule has 138 valence electrons. The van der Waals surface area contributed by atoms with Crippen molar-refractivity contribution in [1.82, 2.24) is 4.98 Å². The number of quaternary nitrogens is 1. The summed E-state index contributed by atoms with van der Waals surface area (Å²) in [5, 5.41) is 26.0. The van der Waals surface area contributed by atoms with Gasteiger partial charge in [0.2, 0.25) is 0 Å². The van der Waals surface area contributed by atoms with Crippen molar-refractivity contribution in [3.63, 3.8) is 0 Å². The van der Waals surface area contributed by atoms with Crippen LogP contribution in [0.1, 0.15) is 29.7 Å². The van der Waals surface area contributed by atoms with Crippen LogP contribution < -0.4 is 0 Å². The van der Waals surface area contributed by atoms with Crippen LogP contribution in [0.4, 0.5) is 0 Å². The summed E-state index contributed by atoms with van der Waals surface area (Å²) in [6.45, 7) is 0.761. The Balaban J connectivity index is 1.80. The fraction of sp³-hybridized carbons (Fsp3) is 0.261. The number of likely N-dealkylation sites (tertiary alicyclic amines) is 1. The van der Waals surface area contributed by atoms with Gasteiger partial charge < -0.3 is 15.0 Å². The maximum absolute atomic E-state index is 13.9. The lowest BCUT2D eigenvalue weighted by Crippen LogP contribution is -2.56. The number of benzene rings is 2. The summed E-state index contributed by atoms with van der Waals surface area (Å²) in [5.41, 5.74) is 0.961. The molecule has 0 radical (unpaired) electrons. The largest absolute Gasteiger partial charge is 0.632 e. The fourth-order valence-electron chi connectivity index (χ4n) is 4.38. The van der Waals surface area contributed by atoms with Gasteiger partial charge in [-0.1, -0.05) is 66.7 Å². The van der Waals surface area contributed by atoms with Gasteiger partial charge >= 0.3 is 0 Å². The first kappa shape index (κ1) is 17.9. The van der Waals surface area contributed by atoms with Gasteiger partial charge in [-0.2, -0.15) is 0 Å². The molecule has 2 heterocycles. The van der Waals surface area contributed by atoms with Gasteiger partial charge in [-0.3, -0.25) is 4.98 Å². The normalized spacial score (nSPS) is 22.7. The zero-order chi connectivity index (χ0) is 18.7. The molecule has 0 spiro atoms. The van der Waals surface area contributed by atoms with Crippen molar-refractivity contribution in [3.05, 3.63) is 107 Å². The lowest BCUT2D eigenvalue weighted by Gasteiger charge is -2.50. The minimum absolute atomic E-state index is 0.271. The molecule has 3 aromatic rings. The molecular weight excluding hydrogens is 336 g/mol. The summed E-state index contributed by atoms with van der Waals surface area (Å²) in [4.78, 5) is 4.35. The first-order valence-corrected chi connectivity index (χ1v) is 9.44. The van der Waals surface area contributed by atoms with E-state index in [4.69, 9.17) is 0 Å². The molecule has 0 bridgehead atoms. The minimum Gasteiger partial charge on any atom is -0.632 e. The van der Waals surface area contributed by atoms with Crippen molar-refractivity contribution < 1.29 is 9.75 Å². The summed E-state index contributed by atoms with van der Waals surface area (Å²) < 4.78 is -0.461. The number of hydroxylamine groups is 3. The molecule has 2 atom stereocenters. The summed E-state index contributed by atoms with van der Waals surface area (Å²) in [7, 11) is 0. The SMILES string of the molecule is [O-][N+]1(Cc2ccccn2)CCCC1C(O)(c1ccccc1)c1ccccc1. The van der Waals surface area contributed by atoms with E-state index in [1.165, 1.54) is 0 Å². The quantitative estimate of drug-likeness (QED) is 0.553. The van der Waals surface area contributed by atoms with Crippen LogP contribution in [0.2, 0.25) is 0 Å². The average Bonchev–Trinajstić information content (AvgIpc) is 3.11. The standard InChI is InChI=1S/C23H24N2O2/c26-23(19-10-3-1-4-11-19,20-12-5-2-6-13-20)22-15-9-17-25(22,27)18-21-14-7-8-16-24-21/h1-8,10-14,16,22,26H,9,15,17-18H2. The van der Waals surface area contributed by atoms with Gasteiger partial charge in [0.15, 0.2) is 5.60 Å². The van der Waals surface area contributed by atoms with Crippen LogP contribution >= 0.6 is 0 Å². The Morgan fingerprint density at radius 2 is 1.52 bits per heavy atom. The molecule has 27 heavy (non-hydrogen) atoms. The van der Waals surface area contributed by atoms with Crippen molar-refractivity contribution in [2.75, 3.05) is 6.54 Å². The molecule has 4 heteroatoms. The molecule has 0 amide bonds. The van der Waals surface area contributed by atoms with Crippen LogP contribution in [0.15, 0.2) is 85.1 Å². The molecule has 1 N–H and O–H groups in total. The molecule has 2 aromatic carbocycles. The highest BCUT2D eigenvalue weighted by molar-refractivity contribution is 5.37. The van der Waals surface area contributed by atoms with E-state index < -0.39 is 16.3 Å². The second kappa shape index (κ2) is 7.24. The van der Waals surface area contributed by atoms with Gasteiger partial charge in [0.05, 0.1) is 12.2 Å². The second-order valence-corrected chi connectivity index (χ2v) is 7.31. The second-order valence-electron chi connectivity index (χ2n) is 7.31. The minimum atomic E-state index is -1.34. The molecule has 1 aliphatic heterocycles.